The molecule has 3 fully saturated rings. The van der Waals surface area contributed by atoms with E-state index in [1.165, 1.54) is 11.1 Å². The quantitative estimate of drug-likeness (QED) is 0.567. The van der Waals surface area contributed by atoms with Crippen LogP contribution in [0.5, 0.6) is 0 Å². The van der Waals surface area contributed by atoms with Crippen molar-refractivity contribution in [2.45, 2.75) is 59.1 Å². The summed E-state index contributed by atoms with van der Waals surface area (Å²) in [6.07, 6.45) is 5.87. The van der Waals surface area contributed by atoms with Gasteiger partial charge >= 0.3 is 6.09 Å². The summed E-state index contributed by atoms with van der Waals surface area (Å²) in [5.41, 5.74) is 1.67. The van der Waals surface area contributed by atoms with Gasteiger partial charge < -0.3 is 10.1 Å². The maximum atomic E-state index is 13.7. The molecule has 1 spiro atoms. The molecule has 0 aromatic heterocycles. The van der Waals surface area contributed by atoms with Crippen LogP contribution in [0.25, 0.3) is 0 Å². The third-order valence-electron chi connectivity index (χ3n) is 7.55. The first-order chi connectivity index (χ1) is 12.2. The van der Waals surface area contributed by atoms with Gasteiger partial charge in [0.15, 0.2) is 5.78 Å². The van der Waals surface area contributed by atoms with E-state index in [2.05, 4.69) is 51.7 Å². The summed E-state index contributed by atoms with van der Waals surface area (Å²) in [6, 6.07) is -0.399. The van der Waals surface area contributed by atoms with Gasteiger partial charge in [-0.3, -0.25) is 4.79 Å². The van der Waals surface area contributed by atoms with Crippen molar-refractivity contribution < 1.29 is 14.3 Å². The van der Waals surface area contributed by atoms with Crippen molar-refractivity contribution in [2.75, 3.05) is 0 Å². The molecule has 0 radical (unpaired) electrons. The van der Waals surface area contributed by atoms with Gasteiger partial charge in [-0.2, -0.15) is 0 Å². The van der Waals surface area contributed by atoms with Crippen molar-refractivity contribution in [1.82, 2.24) is 5.32 Å². The number of ether oxygens (including phenoxy) is 1. The lowest BCUT2D eigenvalue weighted by atomic mass is 9.42. The number of carbonyl (C=O) groups is 2. The maximum absolute atomic E-state index is 13.7. The molecule has 26 heavy (non-hydrogen) atoms. The van der Waals surface area contributed by atoms with E-state index in [-0.39, 0.29) is 23.5 Å². The highest BCUT2D eigenvalue weighted by molar-refractivity contribution is 6.04. The Bertz CT molecular complexity index is 778. The zero-order chi connectivity index (χ0) is 19.0. The van der Waals surface area contributed by atoms with Crippen LogP contribution in [0.2, 0.25) is 0 Å². The van der Waals surface area contributed by atoms with Gasteiger partial charge in [-0.1, -0.05) is 43.7 Å². The molecule has 4 aliphatic rings. The normalized spacial score (nSPS) is 47.6. The number of rotatable bonds is 1. The predicted molar refractivity (Wildman–Crippen MR) is 100 cm³/mol. The Kier molecular flexibility index (Phi) is 3.61. The second-order valence-electron chi connectivity index (χ2n) is 9.12. The first-order valence-electron chi connectivity index (χ1n) is 9.71. The van der Waals surface area contributed by atoms with E-state index >= 15 is 0 Å². The Labute approximate surface area is 155 Å². The second kappa shape index (κ2) is 5.34. The molecule has 140 valence electrons. The Morgan fingerprint density at radius 3 is 2.77 bits per heavy atom. The van der Waals surface area contributed by atoms with Crippen LogP contribution in [-0.2, 0) is 9.53 Å². The Hall–Kier alpha value is -1.84. The number of alkyl carbamates (subject to hydrolysis) is 1. The molecule has 4 nitrogen and oxygen atoms in total. The van der Waals surface area contributed by atoms with Crippen molar-refractivity contribution in [3.8, 4) is 0 Å². The number of allylic oxidation sites excluding steroid dienone is 4. The molecule has 0 aromatic rings. The van der Waals surface area contributed by atoms with Crippen LogP contribution < -0.4 is 5.32 Å². The average Bonchev–Trinajstić information content (AvgIpc) is 2.87. The smallest absolute Gasteiger partial charge is 0.408 e. The van der Waals surface area contributed by atoms with E-state index in [9.17, 15) is 9.59 Å². The minimum atomic E-state index is -0.664. The Balaban J connectivity index is 2.00. The molecule has 7 atom stereocenters. The fraction of sp³-hybridized carbons (Fsp3) is 0.636. The van der Waals surface area contributed by atoms with Crippen LogP contribution in [0.3, 0.4) is 0 Å². The number of Topliss-reactive ketones (excluding diaryl/α,β-unsaturated/α-hetero) is 1. The molecule has 2 saturated carbocycles. The molecule has 3 aliphatic carbocycles. The first kappa shape index (κ1) is 17.6. The molecule has 0 bridgehead atoms. The van der Waals surface area contributed by atoms with E-state index in [1.54, 1.807) is 0 Å². The highest BCUT2D eigenvalue weighted by Crippen LogP contribution is 2.65. The van der Waals surface area contributed by atoms with E-state index in [0.717, 1.165) is 12.8 Å². The van der Waals surface area contributed by atoms with Crippen molar-refractivity contribution in [2.24, 2.45) is 29.1 Å². The molecule has 1 heterocycles. The van der Waals surface area contributed by atoms with E-state index < -0.39 is 23.2 Å². The van der Waals surface area contributed by atoms with Gasteiger partial charge in [0, 0.05) is 22.8 Å². The number of hydrogen-bond donors (Lipinski definition) is 1. The van der Waals surface area contributed by atoms with Gasteiger partial charge in [-0.05, 0) is 45.4 Å². The van der Waals surface area contributed by atoms with Crippen molar-refractivity contribution in [1.29, 1.82) is 0 Å². The van der Waals surface area contributed by atoms with Gasteiger partial charge in [0.25, 0.3) is 0 Å². The van der Waals surface area contributed by atoms with Gasteiger partial charge in [0.2, 0.25) is 0 Å². The fourth-order valence-electron chi connectivity index (χ4n) is 6.95. The number of amides is 1. The lowest BCUT2D eigenvalue weighted by Gasteiger charge is -2.62. The zero-order valence-corrected chi connectivity index (χ0v) is 16.4. The monoisotopic (exact) mass is 355 g/mol. The summed E-state index contributed by atoms with van der Waals surface area (Å²) in [6.45, 7) is 14.7. The standard InChI is InChI=1S/C22H29NO3/c1-7-12(3)16-13(4)9-15-8-11(2)10-22-17(15)21(16,6)19(24)14(5)18(22)23-20(25)26-22/h7,9,11,15-18H,5,8,10H2,1-4,6H3,(H,23,25). The maximum Gasteiger partial charge on any atom is 0.408 e. The summed E-state index contributed by atoms with van der Waals surface area (Å²) in [5.74, 6) is 0.782. The Morgan fingerprint density at radius 1 is 1.42 bits per heavy atom. The highest BCUT2D eigenvalue weighted by Gasteiger charge is 2.72. The number of nitrogens with one attached hydrogen (secondary N) is 1. The highest BCUT2D eigenvalue weighted by atomic mass is 16.6. The number of ketones is 1. The minimum Gasteiger partial charge on any atom is -0.440 e. The van der Waals surface area contributed by atoms with E-state index in [4.69, 9.17) is 4.74 Å². The predicted octanol–water partition coefficient (Wildman–Crippen LogP) is 4.18. The summed E-state index contributed by atoms with van der Waals surface area (Å²) in [7, 11) is 0. The van der Waals surface area contributed by atoms with E-state index in [1.807, 2.05) is 6.92 Å². The SMILES string of the molecule is C=C1C(=O)C2(C)C(C(C)=CC)C(C)=CC3CC(C)CC4(OC(=O)NC14)C32. The number of carbonyl (C=O) groups excluding carboxylic acids is 2. The third-order valence-corrected chi connectivity index (χ3v) is 7.55. The summed E-state index contributed by atoms with van der Waals surface area (Å²) >= 11 is 0. The zero-order valence-electron chi connectivity index (χ0n) is 16.4. The van der Waals surface area contributed by atoms with E-state index in [0.29, 0.717) is 11.5 Å². The molecule has 1 saturated heterocycles. The van der Waals surface area contributed by atoms with Crippen molar-refractivity contribution >= 4 is 11.9 Å². The van der Waals surface area contributed by atoms with Crippen LogP contribution in [0.4, 0.5) is 4.79 Å². The van der Waals surface area contributed by atoms with Crippen LogP contribution >= 0.6 is 0 Å². The van der Waals surface area contributed by atoms with Crippen molar-refractivity contribution in [3.05, 3.63) is 35.5 Å². The van der Waals surface area contributed by atoms with Crippen LogP contribution in [0, 0.1) is 29.1 Å². The summed E-state index contributed by atoms with van der Waals surface area (Å²) in [5, 5.41) is 2.91. The average molecular weight is 355 g/mol. The molecule has 1 aliphatic heterocycles. The molecule has 1 amide bonds. The van der Waals surface area contributed by atoms with Crippen LogP contribution in [-0.4, -0.2) is 23.5 Å². The molecule has 4 rings (SSSR count). The molecule has 4 heteroatoms. The minimum absolute atomic E-state index is 0.0169. The molecular formula is C22H29NO3. The molecule has 0 aromatic carbocycles. The lowest BCUT2D eigenvalue weighted by Crippen LogP contribution is -2.70. The topological polar surface area (TPSA) is 55.4 Å². The summed E-state index contributed by atoms with van der Waals surface area (Å²) in [4.78, 5) is 25.9. The number of hydrogen-bond acceptors (Lipinski definition) is 3. The molecule has 1 N–H and O–H groups in total. The van der Waals surface area contributed by atoms with Crippen LogP contribution in [0.15, 0.2) is 35.5 Å². The molecular weight excluding hydrogens is 326 g/mol. The van der Waals surface area contributed by atoms with Crippen molar-refractivity contribution in [3.63, 3.8) is 0 Å². The third kappa shape index (κ3) is 1.91. The largest absolute Gasteiger partial charge is 0.440 e. The first-order valence-corrected chi connectivity index (χ1v) is 9.71. The second-order valence-corrected chi connectivity index (χ2v) is 9.12. The van der Waals surface area contributed by atoms with Gasteiger partial charge in [-0.25, -0.2) is 4.79 Å². The van der Waals surface area contributed by atoms with Gasteiger partial charge in [0.1, 0.15) is 11.6 Å². The van der Waals surface area contributed by atoms with Crippen LogP contribution in [0.1, 0.15) is 47.5 Å². The van der Waals surface area contributed by atoms with Gasteiger partial charge in [-0.15, -0.1) is 0 Å². The fourth-order valence-corrected chi connectivity index (χ4v) is 6.95. The van der Waals surface area contributed by atoms with Gasteiger partial charge in [0.05, 0.1) is 0 Å². The lowest BCUT2D eigenvalue weighted by molar-refractivity contribution is -0.167. The molecule has 7 unspecified atom stereocenters. The Morgan fingerprint density at radius 2 is 2.12 bits per heavy atom. The summed E-state index contributed by atoms with van der Waals surface area (Å²) < 4.78 is 6.03.